The Morgan fingerprint density at radius 3 is 2.37 bits per heavy atom. The van der Waals surface area contributed by atoms with Crippen LogP contribution in [0.1, 0.15) is 52.8 Å². The molecule has 2 radical (unpaired) electrons. The highest BCUT2D eigenvalue weighted by atomic mass is 35.5. The van der Waals surface area contributed by atoms with E-state index >= 15 is 0 Å². The van der Waals surface area contributed by atoms with Crippen molar-refractivity contribution in [2.75, 3.05) is 30.7 Å². The minimum atomic E-state index is -2.43. The summed E-state index contributed by atoms with van der Waals surface area (Å²) in [7, 11) is 4.30. The van der Waals surface area contributed by atoms with Gasteiger partial charge in [-0.3, -0.25) is 19.8 Å². The molecule has 2 aromatic rings. The fourth-order valence-electron chi connectivity index (χ4n) is 4.84. The Kier molecular flexibility index (Phi) is 15.2. The van der Waals surface area contributed by atoms with Crippen LogP contribution < -0.4 is 15.4 Å². The van der Waals surface area contributed by atoms with Gasteiger partial charge in [-0.25, -0.2) is 19.4 Å². The molecule has 2 aliphatic rings. The van der Waals surface area contributed by atoms with Gasteiger partial charge in [0.2, 0.25) is 6.10 Å². The second kappa shape index (κ2) is 18.8. The van der Waals surface area contributed by atoms with Crippen molar-refractivity contribution in [2.45, 2.75) is 89.4 Å². The van der Waals surface area contributed by atoms with E-state index in [4.69, 9.17) is 54.7 Å². The molecule has 16 nitrogen and oxygen atoms in total. The maximum Gasteiger partial charge on any atom is 0.413 e. The van der Waals surface area contributed by atoms with Crippen molar-refractivity contribution in [3.8, 4) is 5.75 Å². The van der Waals surface area contributed by atoms with Gasteiger partial charge in [0.1, 0.15) is 45.1 Å². The predicted octanol–water partition coefficient (Wildman–Crippen LogP) is 5.53. The molecule has 3 amide bonds. The third kappa shape index (κ3) is 11.4. The van der Waals surface area contributed by atoms with Crippen molar-refractivity contribution in [1.82, 2.24) is 15.2 Å². The zero-order chi connectivity index (χ0) is 42.5. The zero-order valence-electron chi connectivity index (χ0n) is 32.9. The summed E-state index contributed by atoms with van der Waals surface area (Å²) in [5.41, 5.74) is -0.516. The van der Waals surface area contributed by atoms with E-state index in [2.05, 4.69) is 25.4 Å². The number of carbonyl (C=O) groups excluding carboxylic acids is 5. The third-order valence-corrected chi connectivity index (χ3v) is 16.2. The third-order valence-electron chi connectivity index (χ3n) is 8.90. The summed E-state index contributed by atoms with van der Waals surface area (Å²) in [6, 6.07) is 5.74. The van der Waals surface area contributed by atoms with Crippen LogP contribution in [0.15, 0.2) is 40.7 Å². The van der Waals surface area contributed by atoms with Crippen LogP contribution in [0.3, 0.4) is 0 Å². The SMILES string of the molecule is [B]OC(=O)[C@H](CO[Si](C)(C)C(C)(C)C)ON=C(C(=O)NC1C(=O)N2C(C(=O)OCc3ccc(OC)cc3)=C(CCl)CSC12)c1nc(NC(=O)OC(C)(C)C)sc1Cl. The van der Waals surface area contributed by atoms with E-state index in [0.717, 1.165) is 11.3 Å². The Morgan fingerprint density at radius 1 is 1.12 bits per heavy atom. The maximum atomic E-state index is 14.1. The van der Waals surface area contributed by atoms with Gasteiger partial charge >= 0.3 is 26.1 Å². The summed E-state index contributed by atoms with van der Waals surface area (Å²) in [6.45, 7) is 14.5. The van der Waals surface area contributed by atoms with Gasteiger partial charge in [0.05, 0.1) is 13.7 Å². The van der Waals surface area contributed by atoms with Crippen LogP contribution in [0.2, 0.25) is 22.5 Å². The summed E-state index contributed by atoms with van der Waals surface area (Å²) in [4.78, 5) is 77.5. The molecule has 22 heteroatoms. The lowest BCUT2D eigenvalue weighted by Gasteiger charge is -2.49. The summed E-state index contributed by atoms with van der Waals surface area (Å²) in [6.07, 6.45) is -2.38. The Hall–Kier alpha value is -3.82. The minimum Gasteiger partial charge on any atom is -0.541 e. The summed E-state index contributed by atoms with van der Waals surface area (Å²) < 4.78 is 26.5. The first kappa shape index (κ1) is 45.9. The average molecular weight is 885 g/mol. The van der Waals surface area contributed by atoms with Gasteiger partial charge in [-0.2, -0.15) is 0 Å². The number of rotatable bonds is 15. The van der Waals surface area contributed by atoms with E-state index < -0.39 is 67.0 Å². The maximum absolute atomic E-state index is 14.1. The molecule has 1 aromatic heterocycles. The number of carbonyl (C=O) groups is 5. The Bertz CT molecular complexity index is 1920. The predicted molar refractivity (Wildman–Crippen MR) is 219 cm³/mol. The normalized spacial score (nSPS) is 17.8. The van der Waals surface area contributed by atoms with Gasteiger partial charge in [0, 0.05) is 11.6 Å². The number of amides is 3. The minimum absolute atomic E-state index is 0.0136. The molecule has 2 N–H and O–H groups in total. The number of halogens is 2. The number of thiazole rings is 1. The molecular formula is C35H44BCl2N5O11S2Si. The number of alkyl halides is 1. The highest BCUT2D eigenvalue weighted by Gasteiger charge is 2.55. The van der Waals surface area contributed by atoms with E-state index in [1.54, 1.807) is 45.0 Å². The number of hydrogen-bond acceptors (Lipinski definition) is 15. The van der Waals surface area contributed by atoms with Crippen LogP contribution in [0.5, 0.6) is 5.75 Å². The van der Waals surface area contributed by atoms with Crippen LogP contribution in [0.4, 0.5) is 9.93 Å². The Morgan fingerprint density at radius 2 is 1.79 bits per heavy atom. The number of thioether (sulfide) groups is 1. The van der Waals surface area contributed by atoms with Crippen LogP contribution in [0.25, 0.3) is 0 Å². The van der Waals surface area contributed by atoms with E-state index in [1.165, 1.54) is 23.8 Å². The first-order chi connectivity index (χ1) is 26.6. The number of nitrogens with zero attached hydrogens (tertiary/aromatic N) is 3. The number of ether oxygens (including phenoxy) is 3. The van der Waals surface area contributed by atoms with Crippen LogP contribution >= 0.6 is 46.3 Å². The monoisotopic (exact) mass is 883 g/mol. The number of oxime groups is 1. The number of aromatic nitrogens is 1. The first-order valence-corrected chi connectivity index (χ1v) is 23.1. The molecular weight excluding hydrogens is 840 g/mol. The number of esters is 1. The average Bonchev–Trinajstić information content (AvgIpc) is 3.50. The van der Waals surface area contributed by atoms with Gasteiger partial charge < -0.3 is 33.4 Å². The van der Waals surface area contributed by atoms with Gasteiger partial charge in [0.25, 0.3) is 11.8 Å². The van der Waals surface area contributed by atoms with Crippen LogP contribution in [-0.4, -0.2) is 110 Å². The van der Waals surface area contributed by atoms with Gasteiger partial charge in [-0.05, 0) is 62.2 Å². The standard InChI is InChI=1S/C35H44BCl2N5O11S2Si/c1-34(2,3)52-33(48)41-32-40-22(26(38)56-32)23(42-54-21(30(46)53-36)16-51-57(8,9)35(4,5)6)27(44)39-24-28(45)43-25(19(14-37)17-55-29(24)43)31(47)50-15-18-10-12-20(49-7)13-11-18/h10-13,21,24,29H,14-17H2,1-9H3,(H,39,44)(H,40,41,48)/t21-,24?,29?/m0/s1. The highest BCUT2D eigenvalue weighted by Crippen LogP contribution is 2.41. The zero-order valence-corrected chi connectivity index (χ0v) is 37.0. The van der Waals surface area contributed by atoms with E-state index in [0.29, 0.717) is 16.9 Å². The van der Waals surface area contributed by atoms with Gasteiger partial charge in [-0.15, -0.1) is 23.4 Å². The van der Waals surface area contributed by atoms with Crippen molar-refractivity contribution in [1.29, 1.82) is 0 Å². The van der Waals surface area contributed by atoms with Crippen molar-refractivity contribution in [3.63, 3.8) is 0 Å². The van der Waals surface area contributed by atoms with Crippen LogP contribution in [0, 0.1) is 0 Å². The topological polar surface area (TPSA) is 193 Å². The summed E-state index contributed by atoms with van der Waals surface area (Å²) >= 11 is 14.8. The van der Waals surface area contributed by atoms with Gasteiger partial charge in [-0.1, -0.05) is 61.0 Å². The lowest BCUT2D eigenvalue weighted by atomic mass is 10.0. The number of methoxy groups -OCH3 is 1. The number of benzene rings is 1. The second-order valence-electron chi connectivity index (χ2n) is 15.2. The fraction of sp³-hybridized carbons (Fsp3) is 0.514. The first-order valence-electron chi connectivity index (χ1n) is 17.4. The molecule has 3 heterocycles. The molecule has 0 saturated carbocycles. The molecule has 57 heavy (non-hydrogen) atoms. The molecule has 308 valence electrons. The molecule has 0 spiro atoms. The van der Waals surface area contributed by atoms with Gasteiger partial charge in [0.15, 0.2) is 19.2 Å². The lowest BCUT2D eigenvalue weighted by molar-refractivity contribution is -0.153. The Labute approximate surface area is 351 Å². The molecule has 1 saturated heterocycles. The molecule has 4 rings (SSSR count). The fourth-order valence-corrected chi connectivity index (χ4v) is 8.55. The number of hydrogen-bond donors (Lipinski definition) is 2. The smallest absolute Gasteiger partial charge is 0.413 e. The molecule has 2 aliphatic heterocycles. The van der Waals surface area contributed by atoms with Crippen molar-refractivity contribution < 1.29 is 52.1 Å². The van der Waals surface area contributed by atoms with Crippen molar-refractivity contribution in [2.24, 2.45) is 5.16 Å². The number of nitrogens with one attached hydrogen (secondary N) is 2. The molecule has 3 atom stereocenters. The Balaban J connectivity index is 1.60. The molecule has 1 fully saturated rings. The van der Waals surface area contributed by atoms with E-state index in [1.807, 2.05) is 33.9 Å². The lowest BCUT2D eigenvalue weighted by Crippen LogP contribution is -2.71. The van der Waals surface area contributed by atoms with Crippen molar-refractivity contribution >= 4 is 103 Å². The summed E-state index contributed by atoms with van der Waals surface area (Å²) in [5, 5.41) is 8.01. The van der Waals surface area contributed by atoms with E-state index in [9.17, 15) is 24.0 Å². The number of fused-ring (bicyclic) bond motifs is 1. The largest absolute Gasteiger partial charge is 0.541 e. The van der Waals surface area contributed by atoms with E-state index in [-0.39, 0.29) is 50.7 Å². The molecule has 0 bridgehead atoms. The number of β-lactam (4-membered cyclic amide) rings is 1. The molecule has 2 unspecified atom stereocenters. The highest BCUT2D eigenvalue weighted by molar-refractivity contribution is 8.00. The summed E-state index contributed by atoms with van der Waals surface area (Å²) in [5.74, 6) is -2.60. The molecule has 1 aromatic carbocycles. The van der Waals surface area contributed by atoms with Crippen LogP contribution in [-0.2, 0) is 49.2 Å². The number of anilines is 1. The quantitative estimate of drug-likeness (QED) is 0.0568. The molecule has 0 aliphatic carbocycles. The second-order valence-corrected chi connectivity index (χ2v) is 23.0. The van der Waals surface area contributed by atoms with Crippen molar-refractivity contribution in [3.05, 3.63) is 51.1 Å².